The quantitative estimate of drug-likeness (QED) is 0.389. The van der Waals surface area contributed by atoms with E-state index in [4.69, 9.17) is 13.9 Å². The summed E-state index contributed by atoms with van der Waals surface area (Å²) in [5, 5.41) is 0. The molecule has 90 valence electrons. The maximum atomic E-state index is 5.59. The summed E-state index contributed by atoms with van der Waals surface area (Å²) < 4.78 is 15.7. The summed E-state index contributed by atoms with van der Waals surface area (Å²) in [4.78, 5) is 0. The number of hydrogen-bond donors (Lipinski definition) is 0. The highest BCUT2D eigenvalue weighted by atomic mass is 28.2. The maximum Gasteiger partial charge on any atom is 0.223 e. The summed E-state index contributed by atoms with van der Waals surface area (Å²) in [5.74, 6) is -0.114. The van der Waals surface area contributed by atoms with E-state index >= 15 is 0 Å². The Labute approximate surface area is 99.7 Å². The molecule has 0 aromatic heterocycles. The molecule has 0 unspecified atom stereocenters. The zero-order chi connectivity index (χ0) is 11.6. The van der Waals surface area contributed by atoms with E-state index in [1.165, 1.54) is 5.56 Å². The fourth-order valence-electron chi connectivity index (χ4n) is 1.43. The van der Waals surface area contributed by atoms with Crippen LogP contribution in [0.2, 0.25) is 0 Å². The van der Waals surface area contributed by atoms with Gasteiger partial charge in [-0.15, -0.1) is 0 Å². The van der Waals surface area contributed by atoms with E-state index in [9.17, 15) is 0 Å². The van der Waals surface area contributed by atoms with Crippen molar-refractivity contribution in [1.29, 1.82) is 0 Å². The van der Waals surface area contributed by atoms with Gasteiger partial charge in [-0.1, -0.05) is 30.3 Å². The molecule has 0 saturated heterocycles. The molecule has 0 radical (unpaired) electrons. The molecular formula is C12H20O3Si. The van der Waals surface area contributed by atoms with Crippen LogP contribution in [0.1, 0.15) is 12.0 Å². The fourth-order valence-corrected chi connectivity index (χ4v) is 2.27. The number of benzene rings is 1. The molecule has 0 bridgehead atoms. The van der Waals surface area contributed by atoms with Gasteiger partial charge in [0.15, 0.2) is 5.91 Å². The van der Waals surface area contributed by atoms with Gasteiger partial charge in [-0.05, 0) is 18.4 Å². The minimum absolute atomic E-state index is 0.114. The second kappa shape index (κ2) is 8.47. The van der Waals surface area contributed by atoms with E-state index in [2.05, 4.69) is 24.3 Å². The van der Waals surface area contributed by atoms with E-state index < -0.39 is 9.76 Å². The van der Waals surface area contributed by atoms with Crippen molar-refractivity contribution >= 4 is 9.76 Å². The Kier molecular flexibility index (Phi) is 7.08. The molecule has 0 heterocycles. The summed E-state index contributed by atoms with van der Waals surface area (Å²) >= 11 is 0. The van der Waals surface area contributed by atoms with Gasteiger partial charge >= 0.3 is 0 Å². The van der Waals surface area contributed by atoms with Gasteiger partial charge in [0.05, 0.1) is 0 Å². The lowest BCUT2D eigenvalue weighted by Crippen LogP contribution is -2.24. The zero-order valence-electron chi connectivity index (χ0n) is 10.0. The number of aryl methyl sites for hydroxylation is 1. The van der Waals surface area contributed by atoms with Gasteiger partial charge in [0, 0.05) is 20.8 Å². The van der Waals surface area contributed by atoms with Crippen LogP contribution in [0.15, 0.2) is 30.3 Å². The highest BCUT2D eigenvalue weighted by Gasteiger charge is 2.05. The molecular weight excluding hydrogens is 220 g/mol. The van der Waals surface area contributed by atoms with Crippen LogP contribution in [-0.4, -0.2) is 36.5 Å². The molecule has 0 fully saturated rings. The van der Waals surface area contributed by atoms with Gasteiger partial charge in [0.1, 0.15) is 0 Å². The number of methoxy groups -OCH3 is 2. The van der Waals surface area contributed by atoms with Crippen molar-refractivity contribution in [3.05, 3.63) is 35.9 Å². The second-order valence-corrected chi connectivity index (χ2v) is 4.97. The molecule has 0 aliphatic rings. The van der Waals surface area contributed by atoms with Gasteiger partial charge in [-0.3, -0.25) is 0 Å². The maximum absolute atomic E-state index is 5.59. The van der Waals surface area contributed by atoms with Crippen molar-refractivity contribution in [2.45, 2.75) is 18.8 Å². The molecule has 1 aromatic rings. The first kappa shape index (κ1) is 13.4. The first-order valence-corrected chi connectivity index (χ1v) is 6.93. The smallest absolute Gasteiger partial charge is 0.223 e. The number of ether oxygens (including phenoxy) is 2. The van der Waals surface area contributed by atoms with Gasteiger partial charge < -0.3 is 13.9 Å². The molecule has 0 spiro atoms. The highest BCUT2D eigenvalue weighted by molar-refractivity contribution is 6.28. The Morgan fingerprint density at radius 1 is 1.12 bits per heavy atom. The van der Waals surface area contributed by atoms with E-state index in [-0.39, 0.29) is 5.91 Å². The minimum Gasteiger partial charge on any atom is -0.418 e. The summed E-state index contributed by atoms with van der Waals surface area (Å²) in [6.45, 7) is 0.796. The van der Waals surface area contributed by atoms with E-state index in [1.54, 1.807) is 14.2 Å². The highest BCUT2D eigenvalue weighted by Crippen LogP contribution is 2.02. The van der Waals surface area contributed by atoms with Gasteiger partial charge in [-0.25, -0.2) is 0 Å². The monoisotopic (exact) mass is 240 g/mol. The molecule has 0 aliphatic carbocycles. The fraction of sp³-hybridized carbons (Fsp3) is 0.500. The van der Waals surface area contributed by atoms with Crippen molar-refractivity contribution in [2.75, 3.05) is 20.8 Å². The predicted molar refractivity (Wildman–Crippen MR) is 67.1 cm³/mol. The summed E-state index contributed by atoms with van der Waals surface area (Å²) in [5.41, 5.74) is 1.36. The van der Waals surface area contributed by atoms with Crippen molar-refractivity contribution in [3.63, 3.8) is 0 Å². The van der Waals surface area contributed by atoms with E-state index in [0.29, 0.717) is 0 Å². The molecule has 1 aromatic carbocycles. The average molecular weight is 240 g/mol. The lowest BCUT2D eigenvalue weighted by Gasteiger charge is -2.12. The normalized spacial score (nSPS) is 11.7. The molecule has 1 rings (SSSR count). The van der Waals surface area contributed by atoms with Gasteiger partial charge in [0.25, 0.3) is 0 Å². The molecule has 16 heavy (non-hydrogen) atoms. The molecule has 0 amide bonds. The zero-order valence-corrected chi connectivity index (χ0v) is 11.4. The van der Waals surface area contributed by atoms with Crippen molar-refractivity contribution in [3.8, 4) is 0 Å². The lowest BCUT2D eigenvalue weighted by atomic mass is 10.1. The molecule has 4 heteroatoms. The average Bonchev–Trinajstić information content (AvgIpc) is 2.35. The largest absolute Gasteiger partial charge is 0.418 e. The van der Waals surface area contributed by atoms with Crippen molar-refractivity contribution < 1.29 is 13.9 Å². The first-order valence-electron chi connectivity index (χ1n) is 5.54. The standard InChI is InChI=1S/C12H20O3Si/c1-13-12(14-2)16-15-10-6-9-11-7-4-3-5-8-11/h3-5,7-8,12H,6,9-10,16H2,1-2H3. The number of hydrogen-bond acceptors (Lipinski definition) is 3. The van der Waals surface area contributed by atoms with Crippen LogP contribution in [0.5, 0.6) is 0 Å². The van der Waals surface area contributed by atoms with Gasteiger partial charge in [-0.2, -0.15) is 0 Å². The SMILES string of the molecule is COC(OC)[SiH2]OCCCc1ccccc1. The van der Waals surface area contributed by atoms with Crippen molar-refractivity contribution in [1.82, 2.24) is 0 Å². The minimum atomic E-state index is -0.719. The van der Waals surface area contributed by atoms with Crippen LogP contribution >= 0.6 is 0 Å². The van der Waals surface area contributed by atoms with Gasteiger partial charge in [0.2, 0.25) is 9.76 Å². The van der Waals surface area contributed by atoms with Crippen LogP contribution in [-0.2, 0) is 20.3 Å². The third kappa shape index (κ3) is 5.41. The predicted octanol–water partition coefficient (Wildman–Crippen LogP) is 1.30. The van der Waals surface area contributed by atoms with E-state index in [0.717, 1.165) is 19.4 Å². The lowest BCUT2D eigenvalue weighted by molar-refractivity contribution is -0.0527. The van der Waals surface area contributed by atoms with Crippen LogP contribution < -0.4 is 0 Å². The Balaban J connectivity index is 2.04. The molecule has 0 atom stereocenters. The third-order valence-electron chi connectivity index (χ3n) is 2.38. The Morgan fingerprint density at radius 2 is 1.81 bits per heavy atom. The van der Waals surface area contributed by atoms with E-state index in [1.807, 2.05) is 6.07 Å². The Morgan fingerprint density at radius 3 is 2.44 bits per heavy atom. The summed E-state index contributed by atoms with van der Waals surface area (Å²) in [6, 6.07) is 10.5. The molecule has 0 saturated carbocycles. The first-order chi connectivity index (χ1) is 7.86. The van der Waals surface area contributed by atoms with Crippen LogP contribution in [0, 0.1) is 0 Å². The topological polar surface area (TPSA) is 27.7 Å². The Bertz CT molecular complexity index is 262. The molecule has 0 aliphatic heterocycles. The summed E-state index contributed by atoms with van der Waals surface area (Å²) in [7, 11) is 2.58. The molecule has 0 N–H and O–H groups in total. The molecule has 3 nitrogen and oxygen atoms in total. The van der Waals surface area contributed by atoms with Crippen LogP contribution in [0.4, 0.5) is 0 Å². The third-order valence-corrected chi connectivity index (χ3v) is 3.84. The summed E-state index contributed by atoms with van der Waals surface area (Å²) in [6.07, 6.45) is 2.12. The van der Waals surface area contributed by atoms with Crippen LogP contribution in [0.25, 0.3) is 0 Å². The second-order valence-electron chi connectivity index (χ2n) is 3.57. The van der Waals surface area contributed by atoms with Crippen LogP contribution in [0.3, 0.4) is 0 Å². The van der Waals surface area contributed by atoms with Crippen molar-refractivity contribution in [2.24, 2.45) is 0 Å². The number of rotatable bonds is 8. The Hall–Kier alpha value is -0.683.